The monoisotopic (exact) mass is 430 g/mol. The van der Waals surface area contributed by atoms with E-state index < -0.39 is 0 Å². The zero-order valence-electron chi connectivity index (χ0n) is 17.5. The van der Waals surface area contributed by atoms with Crippen LogP contribution in [0.15, 0.2) is 24.3 Å². The summed E-state index contributed by atoms with van der Waals surface area (Å²) >= 11 is 5.87. The number of rotatable bonds is 5. The van der Waals surface area contributed by atoms with Gasteiger partial charge in [0.15, 0.2) is 6.61 Å². The van der Waals surface area contributed by atoms with E-state index in [9.17, 15) is 9.59 Å². The molecule has 1 heterocycles. The number of ether oxygens (including phenoxy) is 1. The van der Waals surface area contributed by atoms with E-state index in [-0.39, 0.29) is 17.9 Å². The maximum Gasteiger partial charge on any atom is 0.260 e. The molecule has 1 saturated heterocycles. The van der Waals surface area contributed by atoms with Gasteiger partial charge in [-0.2, -0.15) is 0 Å². The van der Waals surface area contributed by atoms with Gasteiger partial charge in [-0.15, -0.1) is 0 Å². The highest BCUT2D eigenvalue weighted by Crippen LogP contribution is 2.61. The second kappa shape index (κ2) is 8.07. The van der Waals surface area contributed by atoms with E-state index in [1.54, 1.807) is 24.3 Å². The lowest BCUT2D eigenvalue weighted by molar-refractivity contribution is -0.145. The normalized spacial score (nSPS) is 32.4. The van der Waals surface area contributed by atoms with E-state index >= 15 is 0 Å². The summed E-state index contributed by atoms with van der Waals surface area (Å²) in [6.07, 6.45) is 8.76. The number of carbonyl (C=O) groups is 2. The first-order valence-corrected chi connectivity index (χ1v) is 11.8. The lowest BCUT2D eigenvalue weighted by Crippen LogP contribution is -2.53. The summed E-state index contributed by atoms with van der Waals surface area (Å²) < 4.78 is 5.58. The molecule has 0 radical (unpaired) electrons. The van der Waals surface area contributed by atoms with Crippen LogP contribution in [0.1, 0.15) is 44.9 Å². The molecule has 162 valence electrons. The van der Waals surface area contributed by atoms with Gasteiger partial charge in [-0.05, 0) is 86.0 Å². The van der Waals surface area contributed by atoms with Gasteiger partial charge >= 0.3 is 0 Å². The van der Waals surface area contributed by atoms with Crippen LogP contribution in [0.4, 0.5) is 0 Å². The average Bonchev–Trinajstić information content (AvgIpc) is 2.72. The fourth-order valence-corrected chi connectivity index (χ4v) is 7.04. The molecule has 5 nitrogen and oxygen atoms in total. The third kappa shape index (κ3) is 4.18. The summed E-state index contributed by atoms with van der Waals surface area (Å²) in [6.45, 7) is 2.48. The number of nitrogens with zero attached hydrogens (tertiary/aromatic N) is 2. The van der Waals surface area contributed by atoms with E-state index in [0.29, 0.717) is 42.9 Å². The molecule has 6 heteroatoms. The van der Waals surface area contributed by atoms with Crippen molar-refractivity contribution < 1.29 is 14.3 Å². The van der Waals surface area contributed by atoms with Gasteiger partial charge in [-0.1, -0.05) is 11.6 Å². The molecule has 2 amide bonds. The Balaban J connectivity index is 1.09. The molecule has 0 atom stereocenters. The molecule has 1 aliphatic heterocycles. The van der Waals surface area contributed by atoms with E-state index in [1.165, 1.54) is 38.5 Å². The smallest absolute Gasteiger partial charge is 0.260 e. The van der Waals surface area contributed by atoms with Gasteiger partial charge in [-0.3, -0.25) is 9.59 Å². The summed E-state index contributed by atoms with van der Waals surface area (Å²) in [5.41, 5.74) is 0.283. The molecule has 1 aromatic rings. The van der Waals surface area contributed by atoms with Gasteiger partial charge in [0.25, 0.3) is 5.91 Å². The van der Waals surface area contributed by atoms with Crippen LogP contribution in [-0.4, -0.2) is 54.4 Å². The molecule has 0 spiro atoms. The zero-order chi connectivity index (χ0) is 20.7. The van der Waals surface area contributed by atoms with Crippen LogP contribution in [0.3, 0.4) is 0 Å². The number of amides is 2. The van der Waals surface area contributed by atoms with Crippen molar-refractivity contribution in [1.29, 1.82) is 0 Å². The summed E-state index contributed by atoms with van der Waals surface area (Å²) in [5, 5.41) is 0.642. The summed E-state index contributed by atoms with van der Waals surface area (Å²) in [6, 6.07) is 7.01. The van der Waals surface area contributed by atoms with Gasteiger partial charge in [0.05, 0.1) is 0 Å². The van der Waals surface area contributed by atoms with Gasteiger partial charge in [0.1, 0.15) is 5.75 Å². The van der Waals surface area contributed by atoms with Crippen molar-refractivity contribution in [2.45, 2.75) is 44.9 Å². The lowest BCUT2D eigenvalue weighted by Gasteiger charge is -2.57. The van der Waals surface area contributed by atoms with Crippen LogP contribution in [-0.2, 0) is 9.59 Å². The van der Waals surface area contributed by atoms with Crippen LogP contribution in [0, 0.1) is 23.2 Å². The number of piperazine rings is 1. The first-order valence-electron chi connectivity index (χ1n) is 11.4. The Kier molecular flexibility index (Phi) is 5.42. The number of halogens is 1. The van der Waals surface area contributed by atoms with Gasteiger partial charge in [-0.25, -0.2) is 0 Å². The largest absolute Gasteiger partial charge is 0.484 e. The van der Waals surface area contributed by atoms with E-state index in [4.69, 9.17) is 16.3 Å². The molecular formula is C24H31ClN2O3. The van der Waals surface area contributed by atoms with Gasteiger partial charge in [0, 0.05) is 37.6 Å². The summed E-state index contributed by atoms with van der Waals surface area (Å²) in [5.74, 6) is 3.54. The predicted molar refractivity (Wildman–Crippen MR) is 115 cm³/mol. The topological polar surface area (TPSA) is 49.9 Å². The highest BCUT2D eigenvalue weighted by atomic mass is 35.5. The average molecular weight is 431 g/mol. The number of hydrogen-bond donors (Lipinski definition) is 0. The second-order valence-electron chi connectivity index (χ2n) is 10.1. The Hall–Kier alpha value is -1.75. The minimum absolute atomic E-state index is 0.0167. The highest BCUT2D eigenvalue weighted by Gasteiger charge is 2.51. The molecule has 0 aromatic heterocycles. The fraction of sp³-hybridized carbons (Fsp3) is 0.667. The predicted octanol–water partition coefficient (Wildman–Crippen LogP) is 4.00. The summed E-state index contributed by atoms with van der Waals surface area (Å²) in [7, 11) is 0. The Morgan fingerprint density at radius 3 is 1.90 bits per heavy atom. The minimum atomic E-state index is -0.0295. The van der Waals surface area contributed by atoms with Gasteiger partial charge < -0.3 is 14.5 Å². The quantitative estimate of drug-likeness (QED) is 0.709. The molecule has 0 N–H and O–H groups in total. The second-order valence-corrected chi connectivity index (χ2v) is 10.5. The molecule has 5 aliphatic rings. The molecule has 30 heavy (non-hydrogen) atoms. The third-order valence-corrected chi connectivity index (χ3v) is 8.10. The Morgan fingerprint density at radius 1 is 0.867 bits per heavy atom. The van der Waals surface area contributed by atoms with Crippen molar-refractivity contribution in [2.24, 2.45) is 23.2 Å². The van der Waals surface area contributed by atoms with Crippen LogP contribution in [0.5, 0.6) is 5.75 Å². The molecule has 6 rings (SSSR count). The van der Waals surface area contributed by atoms with E-state index in [2.05, 4.69) is 0 Å². The number of carbonyl (C=O) groups excluding carboxylic acids is 2. The molecule has 4 saturated carbocycles. The van der Waals surface area contributed by atoms with E-state index in [0.717, 1.165) is 24.2 Å². The Labute approximate surface area is 183 Å². The maximum absolute atomic E-state index is 13.1. The molecule has 0 unspecified atom stereocenters. The minimum Gasteiger partial charge on any atom is -0.484 e. The lowest BCUT2D eigenvalue weighted by atomic mass is 9.49. The number of benzene rings is 1. The Morgan fingerprint density at radius 2 is 1.37 bits per heavy atom. The third-order valence-electron chi connectivity index (χ3n) is 7.85. The fourth-order valence-electron chi connectivity index (χ4n) is 6.91. The van der Waals surface area contributed by atoms with Crippen molar-refractivity contribution in [2.75, 3.05) is 32.8 Å². The van der Waals surface area contributed by atoms with Crippen LogP contribution in [0.2, 0.25) is 5.02 Å². The molecule has 5 fully saturated rings. The molecule has 1 aromatic carbocycles. The zero-order valence-corrected chi connectivity index (χ0v) is 18.3. The van der Waals surface area contributed by atoms with Crippen molar-refractivity contribution in [3.05, 3.63) is 29.3 Å². The van der Waals surface area contributed by atoms with Crippen molar-refractivity contribution in [1.82, 2.24) is 9.80 Å². The molecule has 4 bridgehead atoms. The van der Waals surface area contributed by atoms with Crippen LogP contribution in [0.25, 0.3) is 0 Å². The first-order chi connectivity index (χ1) is 14.5. The van der Waals surface area contributed by atoms with Crippen molar-refractivity contribution in [3.63, 3.8) is 0 Å². The van der Waals surface area contributed by atoms with Crippen LogP contribution >= 0.6 is 11.6 Å². The molecule has 4 aliphatic carbocycles. The van der Waals surface area contributed by atoms with Crippen molar-refractivity contribution >= 4 is 23.4 Å². The standard InChI is InChI=1S/C24H31ClN2O3/c25-20-1-3-21(4-2-20)30-16-23(29)27-7-5-26(6-8-27)22(28)15-24-12-17-9-18(13-24)11-19(10-17)14-24/h1-4,17-19H,5-16H2. The SMILES string of the molecule is O=C(COc1ccc(Cl)cc1)N1CCN(C(=O)CC23CC4CC(CC(C4)C2)C3)CC1. The maximum atomic E-state index is 13.1. The first kappa shape index (κ1) is 20.2. The number of hydrogen-bond acceptors (Lipinski definition) is 3. The van der Waals surface area contributed by atoms with Crippen molar-refractivity contribution in [3.8, 4) is 5.75 Å². The van der Waals surface area contributed by atoms with Gasteiger partial charge in [0.2, 0.25) is 5.91 Å². The van der Waals surface area contributed by atoms with Crippen LogP contribution < -0.4 is 4.74 Å². The molecular weight excluding hydrogens is 400 g/mol. The Bertz CT molecular complexity index is 766. The summed E-state index contributed by atoms with van der Waals surface area (Å²) in [4.78, 5) is 29.4. The highest BCUT2D eigenvalue weighted by molar-refractivity contribution is 6.30. The van der Waals surface area contributed by atoms with E-state index in [1.807, 2.05) is 9.80 Å².